The zero-order valence-corrected chi connectivity index (χ0v) is 14.1. The van der Waals surface area contributed by atoms with Crippen LogP contribution in [0.25, 0.3) is 0 Å². The maximum atomic E-state index is 12.7. The van der Waals surface area contributed by atoms with Crippen LogP contribution in [-0.2, 0) is 6.42 Å². The van der Waals surface area contributed by atoms with Gasteiger partial charge in [0.05, 0.1) is 0 Å². The standard InChI is InChI=1S/C22H19ClO/c23-21-13-11-17(12-14-21)15-20(18-7-3-1-4-8-18)16-22(24)19-9-5-2-6-10-19/h1-14,20H,15-16H2. The number of halogens is 1. The molecule has 24 heavy (non-hydrogen) atoms. The first kappa shape index (κ1) is 16.5. The lowest BCUT2D eigenvalue weighted by atomic mass is 9.86. The summed E-state index contributed by atoms with van der Waals surface area (Å²) in [4.78, 5) is 12.7. The van der Waals surface area contributed by atoms with Crippen LogP contribution >= 0.6 is 11.6 Å². The van der Waals surface area contributed by atoms with Crippen LogP contribution in [0.3, 0.4) is 0 Å². The fourth-order valence-electron chi connectivity index (χ4n) is 2.90. The molecular weight excluding hydrogens is 316 g/mol. The molecule has 0 heterocycles. The molecule has 0 amide bonds. The number of ketones is 1. The number of carbonyl (C=O) groups excluding carboxylic acids is 1. The zero-order valence-electron chi connectivity index (χ0n) is 13.4. The lowest BCUT2D eigenvalue weighted by Crippen LogP contribution is -2.10. The lowest BCUT2D eigenvalue weighted by molar-refractivity contribution is 0.0973. The van der Waals surface area contributed by atoms with Crippen molar-refractivity contribution in [2.75, 3.05) is 0 Å². The van der Waals surface area contributed by atoms with E-state index in [1.807, 2.05) is 72.8 Å². The molecule has 0 bridgehead atoms. The molecule has 3 rings (SSSR count). The average molecular weight is 335 g/mol. The highest BCUT2D eigenvalue weighted by molar-refractivity contribution is 6.30. The van der Waals surface area contributed by atoms with Gasteiger partial charge in [-0.05, 0) is 35.6 Å². The minimum atomic E-state index is 0.153. The predicted octanol–water partition coefficient (Wildman–Crippen LogP) is 5.94. The molecule has 0 aliphatic heterocycles. The predicted molar refractivity (Wildman–Crippen MR) is 99.7 cm³/mol. The fourth-order valence-corrected chi connectivity index (χ4v) is 3.03. The Balaban J connectivity index is 1.82. The van der Waals surface area contributed by atoms with Gasteiger partial charge in [-0.25, -0.2) is 0 Å². The van der Waals surface area contributed by atoms with Crippen molar-refractivity contribution in [1.82, 2.24) is 0 Å². The topological polar surface area (TPSA) is 17.1 Å². The molecule has 0 aromatic heterocycles. The molecule has 0 aliphatic rings. The van der Waals surface area contributed by atoms with Gasteiger partial charge in [0.2, 0.25) is 0 Å². The van der Waals surface area contributed by atoms with E-state index in [0.717, 1.165) is 17.0 Å². The first-order chi connectivity index (χ1) is 11.7. The third-order valence-corrected chi connectivity index (χ3v) is 4.45. The maximum Gasteiger partial charge on any atom is 0.163 e. The van der Waals surface area contributed by atoms with Gasteiger partial charge in [0.1, 0.15) is 0 Å². The van der Waals surface area contributed by atoms with Crippen LogP contribution in [-0.4, -0.2) is 5.78 Å². The van der Waals surface area contributed by atoms with Crippen LogP contribution in [0.5, 0.6) is 0 Å². The van der Waals surface area contributed by atoms with E-state index in [1.165, 1.54) is 11.1 Å². The Bertz CT molecular complexity index is 779. The van der Waals surface area contributed by atoms with Crippen molar-refractivity contribution < 1.29 is 4.79 Å². The van der Waals surface area contributed by atoms with Crippen LogP contribution in [0.15, 0.2) is 84.9 Å². The maximum absolute atomic E-state index is 12.7. The Morgan fingerprint density at radius 2 is 1.38 bits per heavy atom. The Hall–Kier alpha value is -2.38. The summed E-state index contributed by atoms with van der Waals surface area (Å²) in [5, 5.41) is 0.732. The first-order valence-corrected chi connectivity index (χ1v) is 8.48. The highest BCUT2D eigenvalue weighted by Gasteiger charge is 2.17. The summed E-state index contributed by atoms with van der Waals surface area (Å²) in [6.45, 7) is 0. The molecule has 3 aromatic rings. The molecule has 2 heteroatoms. The highest BCUT2D eigenvalue weighted by atomic mass is 35.5. The van der Waals surface area contributed by atoms with Gasteiger partial charge in [0.25, 0.3) is 0 Å². The van der Waals surface area contributed by atoms with Crippen molar-refractivity contribution in [3.63, 3.8) is 0 Å². The number of rotatable bonds is 6. The summed E-state index contributed by atoms with van der Waals surface area (Å²) < 4.78 is 0. The number of hydrogen-bond acceptors (Lipinski definition) is 1. The SMILES string of the molecule is O=C(CC(Cc1ccc(Cl)cc1)c1ccccc1)c1ccccc1. The largest absolute Gasteiger partial charge is 0.294 e. The van der Waals surface area contributed by atoms with E-state index in [1.54, 1.807) is 0 Å². The molecule has 0 spiro atoms. The second-order valence-corrected chi connectivity index (χ2v) is 6.37. The summed E-state index contributed by atoms with van der Waals surface area (Å²) >= 11 is 5.98. The first-order valence-electron chi connectivity index (χ1n) is 8.10. The second-order valence-electron chi connectivity index (χ2n) is 5.93. The quantitative estimate of drug-likeness (QED) is 0.510. The van der Waals surface area contributed by atoms with E-state index >= 15 is 0 Å². The smallest absolute Gasteiger partial charge is 0.163 e. The molecule has 1 atom stereocenters. The molecule has 0 fully saturated rings. The molecule has 3 aromatic carbocycles. The van der Waals surface area contributed by atoms with Gasteiger partial charge in [0, 0.05) is 17.0 Å². The second kappa shape index (κ2) is 7.94. The van der Waals surface area contributed by atoms with Gasteiger partial charge in [-0.1, -0.05) is 84.4 Å². The summed E-state index contributed by atoms with van der Waals surface area (Å²) in [5.74, 6) is 0.332. The van der Waals surface area contributed by atoms with E-state index in [2.05, 4.69) is 12.1 Å². The third kappa shape index (κ3) is 4.33. The van der Waals surface area contributed by atoms with E-state index in [0.29, 0.717) is 6.42 Å². The van der Waals surface area contributed by atoms with Gasteiger partial charge in [-0.3, -0.25) is 4.79 Å². The van der Waals surface area contributed by atoms with Crippen LogP contribution < -0.4 is 0 Å². The van der Waals surface area contributed by atoms with Crippen LogP contribution in [0.1, 0.15) is 33.8 Å². The van der Waals surface area contributed by atoms with E-state index in [-0.39, 0.29) is 11.7 Å². The Morgan fingerprint density at radius 3 is 2.00 bits per heavy atom. The number of hydrogen-bond donors (Lipinski definition) is 0. The van der Waals surface area contributed by atoms with Crippen molar-refractivity contribution in [3.8, 4) is 0 Å². The molecule has 1 nitrogen and oxygen atoms in total. The third-order valence-electron chi connectivity index (χ3n) is 4.19. The van der Waals surface area contributed by atoms with Crippen LogP contribution in [0, 0.1) is 0 Å². The van der Waals surface area contributed by atoms with Gasteiger partial charge < -0.3 is 0 Å². The fraction of sp³-hybridized carbons (Fsp3) is 0.136. The van der Waals surface area contributed by atoms with Crippen LogP contribution in [0.4, 0.5) is 0 Å². The van der Waals surface area contributed by atoms with E-state index in [4.69, 9.17) is 11.6 Å². The molecular formula is C22H19ClO. The molecule has 1 unspecified atom stereocenters. The summed E-state index contributed by atoms with van der Waals surface area (Å²) in [5.41, 5.74) is 3.15. The normalized spacial score (nSPS) is 11.9. The van der Waals surface area contributed by atoms with Crippen molar-refractivity contribution >= 4 is 17.4 Å². The zero-order chi connectivity index (χ0) is 16.8. The molecule has 0 radical (unpaired) electrons. The molecule has 0 saturated carbocycles. The number of benzene rings is 3. The summed E-state index contributed by atoms with van der Waals surface area (Å²) in [7, 11) is 0. The van der Waals surface area contributed by atoms with Gasteiger partial charge in [0.15, 0.2) is 5.78 Å². The minimum absolute atomic E-state index is 0.153. The summed E-state index contributed by atoms with van der Waals surface area (Å²) in [6, 6.07) is 27.6. The molecule has 0 saturated heterocycles. The Kier molecular flexibility index (Phi) is 5.45. The van der Waals surface area contributed by atoms with Gasteiger partial charge >= 0.3 is 0 Å². The Morgan fingerprint density at radius 1 is 0.792 bits per heavy atom. The monoisotopic (exact) mass is 334 g/mol. The van der Waals surface area contributed by atoms with Crippen molar-refractivity contribution in [3.05, 3.63) is 107 Å². The minimum Gasteiger partial charge on any atom is -0.294 e. The number of Topliss-reactive ketones (excluding diaryl/α,β-unsaturated/α-hetero) is 1. The van der Waals surface area contributed by atoms with Crippen LogP contribution in [0.2, 0.25) is 5.02 Å². The number of carbonyl (C=O) groups is 1. The molecule has 0 aliphatic carbocycles. The van der Waals surface area contributed by atoms with Crippen molar-refractivity contribution in [2.24, 2.45) is 0 Å². The molecule has 120 valence electrons. The van der Waals surface area contributed by atoms with Crippen molar-refractivity contribution in [2.45, 2.75) is 18.8 Å². The Labute approximate surface area is 147 Å². The van der Waals surface area contributed by atoms with Gasteiger partial charge in [-0.2, -0.15) is 0 Å². The van der Waals surface area contributed by atoms with E-state index in [9.17, 15) is 4.79 Å². The van der Waals surface area contributed by atoms with E-state index < -0.39 is 0 Å². The lowest BCUT2D eigenvalue weighted by Gasteiger charge is -2.17. The summed E-state index contributed by atoms with van der Waals surface area (Å²) in [6.07, 6.45) is 1.32. The average Bonchev–Trinajstić information content (AvgIpc) is 2.64. The molecule has 0 N–H and O–H groups in total. The van der Waals surface area contributed by atoms with Gasteiger partial charge in [-0.15, -0.1) is 0 Å². The van der Waals surface area contributed by atoms with Crippen molar-refractivity contribution in [1.29, 1.82) is 0 Å². The highest BCUT2D eigenvalue weighted by Crippen LogP contribution is 2.26.